The number of hydrogen-bond acceptors (Lipinski definition) is 3. The van der Waals surface area contributed by atoms with Crippen molar-refractivity contribution in [1.29, 1.82) is 0 Å². The first-order valence-corrected chi connectivity index (χ1v) is 10.2. The molecule has 0 saturated heterocycles. The SMILES string of the molecule is CC(C)(C)[C@@H]1CCc2c(sc(NC(=O)/C=C\c3ccc(F)cc3)c2C(N)=O)C1. The van der Waals surface area contributed by atoms with Crippen LogP contribution in [0.15, 0.2) is 30.3 Å². The molecule has 1 aliphatic rings. The minimum Gasteiger partial charge on any atom is -0.365 e. The molecule has 4 nitrogen and oxygen atoms in total. The largest absolute Gasteiger partial charge is 0.365 e. The molecular formula is C22H25FN2O2S. The summed E-state index contributed by atoms with van der Waals surface area (Å²) >= 11 is 1.45. The van der Waals surface area contributed by atoms with Gasteiger partial charge in [0.2, 0.25) is 5.91 Å². The van der Waals surface area contributed by atoms with E-state index in [1.165, 1.54) is 29.5 Å². The predicted molar refractivity (Wildman–Crippen MR) is 112 cm³/mol. The summed E-state index contributed by atoms with van der Waals surface area (Å²) in [4.78, 5) is 25.5. The van der Waals surface area contributed by atoms with Gasteiger partial charge in [0.1, 0.15) is 10.8 Å². The van der Waals surface area contributed by atoms with Crippen LogP contribution < -0.4 is 11.1 Å². The molecule has 1 aliphatic carbocycles. The molecule has 3 N–H and O–H groups in total. The van der Waals surface area contributed by atoms with Crippen LogP contribution in [0.4, 0.5) is 9.39 Å². The lowest BCUT2D eigenvalue weighted by atomic mass is 9.72. The molecule has 0 unspecified atom stereocenters. The van der Waals surface area contributed by atoms with E-state index in [4.69, 9.17) is 5.73 Å². The van der Waals surface area contributed by atoms with Crippen molar-refractivity contribution in [2.45, 2.75) is 40.0 Å². The van der Waals surface area contributed by atoms with Gasteiger partial charge >= 0.3 is 0 Å². The van der Waals surface area contributed by atoms with E-state index in [0.717, 1.165) is 29.7 Å². The Bertz CT molecular complexity index is 923. The summed E-state index contributed by atoms with van der Waals surface area (Å²) in [6.07, 6.45) is 5.67. The summed E-state index contributed by atoms with van der Waals surface area (Å²) < 4.78 is 13.0. The number of hydrogen-bond donors (Lipinski definition) is 2. The van der Waals surface area contributed by atoms with E-state index in [9.17, 15) is 14.0 Å². The molecule has 6 heteroatoms. The lowest BCUT2D eigenvalue weighted by Crippen LogP contribution is -2.27. The van der Waals surface area contributed by atoms with E-state index >= 15 is 0 Å². The third-order valence-electron chi connectivity index (χ3n) is 5.27. The Morgan fingerprint density at radius 3 is 2.54 bits per heavy atom. The molecule has 148 valence electrons. The molecule has 0 fully saturated rings. The first kappa shape index (κ1) is 20.3. The number of nitrogens with two attached hydrogens (primary N) is 1. The summed E-state index contributed by atoms with van der Waals surface area (Å²) in [6.45, 7) is 6.69. The minimum atomic E-state index is -0.510. The van der Waals surface area contributed by atoms with Crippen LogP contribution in [0.1, 0.15) is 53.6 Å². The third kappa shape index (κ3) is 4.50. The minimum absolute atomic E-state index is 0.190. The highest BCUT2D eigenvalue weighted by atomic mass is 32.1. The molecule has 0 radical (unpaired) electrons. The van der Waals surface area contributed by atoms with Crippen molar-refractivity contribution in [2.24, 2.45) is 17.1 Å². The average molecular weight is 401 g/mol. The molecular weight excluding hydrogens is 375 g/mol. The number of primary amides is 1. The Morgan fingerprint density at radius 1 is 1.25 bits per heavy atom. The molecule has 0 spiro atoms. The number of benzene rings is 1. The molecule has 2 amide bonds. The van der Waals surface area contributed by atoms with Gasteiger partial charge in [0, 0.05) is 11.0 Å². The molecule has 2 aromatic rings. The molecule has 1 aromatic carbocycles. The number of carbonyl (C=O) groups is 2. The summed E-state index contributed by atoms with van der Waals surface area (Å²) in [5.74, 6) is -0.658. The van der Waals surface area contributed by atoms with Crippen molar-refractivity contribution in [3.8, 4) is 0 Å². The van der Waals surface area contributed by atoms with Crippen LogP contribution in [0, 0.1) is 17.2 Å². The number of nitrogens with one attached hydrogen (secondary N) is 1. The smallest absolute Gasteiger partial charge is 0.251 e. The number of rotatable bonds is 4. The van der Waals surface area contributed by atoms with Crippen LogP contribution in [-0.2, 0) is 17.6 Å². The Morgan fingerprint density at radius 2 is 1.93 bits per heavy atom. The van der Waals surface area contributed by atoms with Crippen molar-refractivity contribution in [3.63, 3.8) is 0 Å². The molecule has 1 aromatic heterocycles. The number of halogens is 1. The lowest BCUT2D eigenvalue weighted by Gasteiger charge is -2.33. The molecule has 0 aliphatic heterocycles. The summed E-state index contributed by atoms with van der Waals surface area (Å²) in [5, 5.41) is 3.32. The van der Waals surface area contributed by atoms with Crippen molar-refractivity contribution in [2.75, 3.05) is 5.32 Å². The van der Waals surface area contributed by atoms with Crippen LogP contribution in [-0.4, -0.2) is 11.8 Å². The van der Waals surface area contributed by atoms with Crippen LogP contribution >= 0.6 is 11.3 Å². The summed E-state index contributed by atoms with van der Waals surface area (Å²) in [5.41, 5.74) is 7.95. The number of fused-ring (bicyclic) bond motifs is 1. The standard InChI is InChI=1S/C22H25FN2O2S/c1-22(2,3)14-7-10-16-17(12-14)28-21(19(16)20(24)27)25-18(26)11-6-13-4-8-15(23)9-5-13/h4-6,8-9,11,14H,7,10,12H2,1-3H3,(H2,24,27)(H,25,26)/b11-6-/t14-/m1/s1. The van der Waals surface area contributed by atoms with E-state index < -0.39 is 5.91 Å². The summed E-state index contributed by atoms with van der Waals surface area (Å²) in [7, 11) is 0. The topological polar surface area (TPSA) is 72.2 Å². The molecule has 3 rings (SSSR count). The predicted octanol–water partition coefficient (Wildman–Crippen LogP) is 4.79. The van der Waals surface area contributed by atoms with E-state index in [-0.39, 0.29) is 17.1 Å². The van der Waals surface area contributed by atoms with Gasteiger partial charge in [-0.2, -0.15) is 0 Å². The Labute approximate surface area is 168 Å². The van der Waals surface area contributed by atoms with Gasteiger partial charge in [0.05, 0.1) is 5.56 Å². The van der Waals surface area contributed by atoms with Gasteiger partial charge in [0.15, 0.2) is 0 Å². The number of thiophene rings is 1. The second kappa shape index (κ2) is 7.87. The van der Waals surface area contributed by atoms with Crippen LogP contribution in [0.3, 0.4) is 0 Å². The fourth-order valence-corrected chi connectivity index (χ4v) is 4.91. The molecule has 28 heavy (non-hydrogen) atoms. The number of anilines is 1. The Kier molecular flexibility index (Phi) is 5.70. The zero-order valence-electron chi connectivity index (χ0n) is 16.3. The van der Waals surface area contributed by atoms with Crippen molar-refractivity contribution in [1.82, 2.24) is 0 Å². The zero-order valence-corrected chi connectivity index (χ0v) is 17.2. The van der Waals surface area contributed by atoms with Crippen LogP contribution in [0.25, 0.3) is 6.08 Å². The highest BCUT2D eigenvalue weighted by Gasteiger charge is 2.33. The number of carbonyl (C=O) groups excluding carboxylic acids is 2. The second-order valence-corrected chi connectivity index (χ2v) is 9.36. The fraction of sp³-hybridized carbons (Fsp3) is 0.364. The van der Waals surface area contributed by atoms with E-state index in [1.807, 2.05) is 0 Å². The molecule has 0 saturated carbocycles. The van der Waals surface area contributed by atoms with Gasteiger partial charge < -0.3 is 11.1 Å². The summed E-state index contributed by atoms with van der Waals surface area (Å²) in [6, 6.07) is 5.85. The van der Waals surface area contributed by atoms with Gasteiger partial charge in [0.25, 0.3) is 5.91 Å². The molecule has 1 atom stereocenters. The average Bonchev–Trinajstić information content (AvgIpc) is 2.97. The highest BCUT2D eigenvalue weighted by molar-refractivity contribution is 7.17. The monoisotopic (exact) mass is 400 g/mol. The Hall–Kier alpha value is -2.47. The number of amides is 2. The third-order valence-corrected chi connectivity index (χ3v) is 6.44. The first-order chi connectivity index (χ1) is 13.1. The zero-order chi connectivity index (χ0) is 20.5. The van der Waals surface area contributed by atoms with Gasteiger partial charge in [-0.15, -0.1) is 11.3 Å². The second-order valence-electron chi connectivity index (χ2n) is 8.25. The highest BCUT2D eigenvalue weighted by Crippen LogP contribution is 2.44. The van der Waals surface area contributed by atoms with E-state index in [1.54, 1.807) is 18.2 Å². The van der Waals surface area contributed by atoms with Crippen molar-refractivity contribution in [3.05, 3.63) is 57.7 Å². The Balaban J connectivity index is 1.80. The maximum atomic E-state index is 13.0. The fourth-order valence-electron chi connectivity index (χ4n) is 3.57. The van der Waals surface area contributed by atoms with Gasteiger partial charge in [-0.3, -0.25) is 9.59 Å². The van der Waals surface area contributed by atoms with Crippen molar-refractivity contribution < 1.29 is 14.0 Å². The molecule has 1 heterocycles. The van der Waals surface area contributed by atoms with E-state index in [0.29, 0.717) is 22.0 Å². The lowest BCUT2D eigenvalue weighted by molar-refractivity contribution is -0.111. The normalized spacial score (nSPS) is 16.8. The van der Waals surface area contributed by atoms with Crippen LogP contribution in [0.2, 0.25) is 0 Å². The molecule has 0 bridgehead atoms. The van der Waals surface area contributed by atoms with Gasteiger partial charge in [-0.1, -0.05) is 32.9 Å². The van der Waals surface area contributed by atoms with E-state index in [2.05, 4.69) is 26.1 Å². The van der Waals surface area contributed by atoms with Gasteiger partial charge in [-0.25, -0.2) is 4.39 Å². The quantitative estimate of drug-likeness (QED) is 0.725. The van der Waals surface area contributed by atoms with Crippen LogP contribution in [0.5, 0.6) is 0 Å². The maximum Gasteiger partial charge on any atom is 0.251 e. The maximum absolute atomic E-state index is 13.0. The van der Waals surface area contributed by atoms with Gasteiger partial charge in [-0.05, 0) is 59.9 Å². The van der Waals surface area contributed by atoms with Crippen molar-refractivity contribution >= 4 is 34.2 Å². The first-order valence-electron chi connectivity index (χ1n) is 9.34.